The van der Waals surface area contributed by atoms with E-state index in [2.05, 4.69) is 15.0 Å². The van der Waals surface area contributed by atoms with Crippen LogP contribution in [0.4, 0.5) is 0 Å². The molecule has 1 aromatic carbocycles. The Morgan fingerprint density at radius 2 is 2.09 bits per heavy atom. The number of guanidine groups is 1. The molecule has 0 amide bonds. The first kappa shape index (κ1) is 22.1. The van der Waals surface area contributed by atoms with Gasteiger partial charge in [0.25, 0.3) is 0 Å². The molecule has 1 rings (SSSR count). The van der Waals surface area contributed by atoms with Crippen molar-refractivity contribution in [1.29, 1.82) is 0 Å². The number of methoxy groups -OCH3 is 1. The molecule has 0 bridgehead atoms. The lowest BCUT2D eigenvalue weighted by Gasteiger charge is -2.08. The molecular formula is C14H25IN4O3S. The van der Waals surface area contributed by atoms with Gasteiger partial charge in [-0.3, -0.25) is 0 Å². The van der Waals surface area contributed by atoms with Crippen LogP contribution in [0.15, 0.2) is 34.2 Å². The van der Waals surface area contributed by atoms with Crippen LogP contribution in [0.25, 0.3) is 0 Å². The lowest BCUT2D eigenvalue weighted by molar-refractivity contribution is 0.204. The highest BCUT2D eigenvalue weighted by Gasteiger charge is 2.13. The van der Waals surface area contributed by atoms with Crippen molar-refractivity contribution >= 4 is 40.0 Å². The summed E-state index contributed by atoms with van der Waals surface area (Å²) in [6, 6.07) is 6.63. The highest BCUT2D eigenvalue weighted by molar-refractivity contribution is 14.0. The summed E-state index contributed by atoms with van der Waals surface area (Å²) in [5, 5.41) is 2.97. The van der Waals surface area contributed by atoms with Crippen LogP contribution >= 0.6 is 24.0 Å². The smallest absolute Gasteiger partial charge is 0.240 e. The Morgan fingerprint density at radius 1 is 1.35 bits per heavy atom. The van der Waals surface area contributed by atoms with Crippen LogP contribution in [0.5, 0.6) is 0 Å². The van der Waals surface area contributed by atoms with E-state index in [9.17, 15) is 8.42 Å². The van der Waals surface area contributed by atoms with E-state index < -0.39 is 10.0 Å². The third-order valence-electron chi connectivity index (χ3n) is 2.80. The second kappa shape index (κ2) is 11.6. The van der Waals surface area contributed by atoms with Gasteiger partial charge >= 0.3 is 0 Å². The van der Waals surface area contributed by atoms with E-state index in [4.69, 9.17) is 10.5 Å². The SMILES string of the molecule is CCCNC(N)=NCc1cccc(S(=O)(=O)NCCOC)c1.I. The Labute approximate surface area is 155 Å². The van der Waals surface area contributed by atoms with E-state index in [-0.39, 0.29) is 35.4 Å². The number of nitrogens with zero attached hydrogens (tertiary/aromatic N) is 1. The molecule has 23 heavy (non-hydrogen) atoms. The highest BCUT2D eigenvalue weighted by atomic mass is 127. The number of ether oxygens (including phenoxy) is 1. The topological polar surface area (TPSA) is 106 Å². The van der Waals surface area contributed by atoms with Gasteiger partial charge in [-0.2, -0.15) is 0 Å². The molecule has 0 aliphatic carbocycles. The normalized spacial score (nSPS) is 11.8. The van der Waals surface area contributed by atoms with Gasteiger partial charge in [0.2, 0.25) is 10.0 Å². The summed E-state index contributed by atoms with van der Waals surface area (Å²) in [4.78, 5) is 4.38. The average Bonchev–Trinajstić information content (AvgIpc) is 2.51. The second-order valence-corrected chi connectivity index (χ2v) is 6.43. The minimum atomic E-state index is -3.53. The molecule has 0 spiro atoms. The van der Waals surface area contributed by atoms with Crippen molar-refractivity contribution in [2.45, 2.75) is 24.8 Å². The minimum Gasteiger partial charge on any atom is -0.383 e. The van der Waals surface area contributed by atoms with E-state index in [1.807, 2.05) is 13.0 Å². The maximum atomic E-state index is 12.1. The molecule has 0 fully saturated rings. The molecule has 0 unspecified atom stereocenters. The molecule has 4 N–H and O–H groups in total. The fourth-order valence-electron chi connectivity index (χ4n) is 1.66. The molecule has 1 aromatic rings. The number of aliphatic imine (C=N–C) groups is 1. The molecule has 7 nitrogen and oxygen atoms in total. The molecule has 132 valence electrons. The first-order valence-corrected chi connectivity index (χ1v) is 8.59. The monoisotopic (exact) mass is 456 g/mol. The van der Waals surface area contributed by atoms with Crippen molar-refractivity contribution in [2.24, 2.45) is 10.7 Å². The zero-order chi connectivity index (χ0) is 16.4. The summed E-state index contributed by atoms with van der Waals surface area (Å²) in [6.45, 7) is 3.67. The average molecular weight is 456 g/mol. The summed E-state index contributed by atoms with van der Waals surface area (Å²) >= 11 is 0. The van der Waals surface area contributed by atoms with Gasteiger partial charge < -0.3 is 15.8 Å². The van der Waals surface area contributed by atoms with Gasteiger partial charge in [-0.05, 0) is 24.1 Å². The van der Waals surface area contributed by atoms with Crippen molar-refractivity contribution in [2.75, 3.05) is 26.8 Å². The van der Waals surface area contributed by atoms with Crippen LogP contribution in [-0.4, -0.2) is 41.2 Å². The molecule has 0 heterocycles. The van der Waals surface area contributed by atoms with Crippen molar-refractivity contribution in [3.8, 4) is 0 Å². The molecule has 0 saturated carbocycles. The van der Waals surface area contributed by atoms with Gasteiger partial charge in [-0.15, -0.1) is 24.0 Å². The van der Waals surface area contributed by atoms with Crippen LogP contribution in [0.1, 0.15) is 18.9 Å². The Hall–Kier alpha value is -0.910. The number of hydrogen-bond acceptors (Lipinski definition) is 4. The zero-order valence-corrected chi connectivity index (χ0v) is 16.6. The zero-order valence-electron chi connectivity index (χ0n) is 13.4. The Balaban J connectivity index is 0.00000484. The number of nitrogens with one attached hydrogen (secondary N) is 2. The van der Waals surface area contributed by atoms with Crippen LogP contribution in [0.3, 0.4) is 0 Å². The van der Waals surface area contributed by atoms with E-state index >= 15 is 0 Å². The molecule has 0 saturated heterocycles. The largest absolute Gasteiger partial charge is 0.383 e. The maximum absolute atomic E-state index is 12.1. The molecule has 0 aliphatic heterocycles. The van der Waals surface area contributed by atoms with Gasteiger partial charge in [0, 0.05) is 20.2 Å². The number of rotatable bonds is 9. The fraction of sp³-hybridized carbons (Fsp3) is 0.500. The van der Waals surface area contributed by atoms with Gasteiger partial charge in [0.1, 0.15) is 0 Å². The highest BCUT2D eigenvalue weighted by Crippen LogP contribution is 2.12. The molecule has 0 aromatic heterocycles. The standard InChI is InChI=1S/C14H24N4O3S.HI/c1-3-7-16-14(15)17-11-12-5-4-6-13(10-12)22(19,20)18-8-9-21-2;/h4-6,10,18H,3,7-9,11H2,1-2H3,(H3,15,16,17);1H. The number of benzene rings is 1. The van der Waals surface area contributed by atoms with Crippen LogP contribution < -0.4 is 15.8 Å². The summed E-state index contributed by atoms with van der Waals surface area (Å²) in [5.41, 5.74) is 6.48. The van der Waals surface area contributed by atoms with Crippen LogP contribution in [-0.2, 0) is 21.3 Å². The van der Waals surface area contributed by atoms with Gasteiger partial charge in [-0.1, -0.05) is 19.1 Å². The fourth-order valence-corrected chi connectivity index (χ4v) is 2.74. The van der Waals surface area contributed by atoms with E-state index in [1.165, 1.54) is 7.11 Å². The third-order valence-corrected chi connectivity index (χ3v) is 4.25. The molecule has 0 radical (unpaired) electrons. The van der Waals surface area contributed by atoms with E-state index in [0.717, 1.165) is 18.5 Å². The Kier molecular flexibility index (Phi) is 11.1. The predicted octanol–water partition coefficient (Wildman–Crippen LogP) is 1.04. The van der Waals surface area contributed by atoms with E-state index in [1.54, 1.807) is 18.2 Å². The molecule has 0 atom stereocenters. The number of halogens is 1. The maximum Gasteiger partial charge on any atom is 0.240 e. The Morgan fingerprint density at radius 3 is 2.74 bits per heavy atom. The molecular weight excluding hydrogens is 431 g/mol. The first-order valence-electron chi connectivity index (χ1n) is 7.11. The van der Waals surface area contributed by atoms with Crippen LogP contribution in [0, 0.1) is 0 Å². The quantitative estimate of drug-likeness (QED) is 0.223. The summed E-state index contributed by atoms with van der Waals surface area (Å²) in [6.07, 6.45) is 0.955. The van der Waals surface area contributed by atoms with Crippen molar-refractivity contribution in [1.82, 2.24) is 10.0 Å². The van der Waals surface area contributed by atoms with Crippen molar-refractivity contribution in [3.05, 3.63) is 29.8 Å². The summed E-state index contributed by atoms with van der Waals surface area (Å²) in [7, 11) is -2.02. The predicted molar refractivity (Wildman–Crippen MR) is 103 cm³/mol. The van der Waals surface area contributed by atoms with Gasteiger partial charge in [0.15, 0.2) is 5.96 Å². The minimum absolute atomic E-state index is 0. The van der Waals surface area contributed by atoms with Gasteiger partial charge in [-0.25, -0.2) is 18.1 Å². The van der Waals surface area contributed by atoms with Gasteiger partial charge in [0.05, 0.1) is 18.0 Å². The van der Waals surface area contributed by atoms with E-state index in [0.29, 0.717) is 19.1 Å². The lowest BCUT2D eigenvalue weighted by Crippen LogP contribution is -2.32. The third kappa shape index (κ3) is 8.49. The summed E-state index contributed by atoms with van der Waals surface area (Å²) < 4.78 is 31.5. The Bertz CT molecular complexity index is 593. The molecule has 9 heteroatoms. The molecule has 0 aliphatic rings. The van der Waals surface area contributed by atoms with Crippen molar-refractivity contribution < 1.29 is 13.2 Å². The number of hydrogen-bond donors (Lipinski definition) is 3. The lowest BCUT2D eigenvalue weighted by atomic mass is 10.2. The number of nitrogens with two attached hydrogens (primary N) is 1. The van der Waals surface area contributed by atoms with Crippen molar-refractivity contribution in [3.63, 3.8) is 0 Å². The summed E-state index contributed by atoms with van der Waals surface area (Å²) in [5.74, 6) is 0.355. The van der Waals surface area contributed by atoms with Crippen LogP contribution in [0.2, 0.25) is 0 Å². The first-order chi connectivity index (χ1) is 10.5. The number of sulfonamides is 1. The second-order valence-electron chi connectivity index (χ2n) is 4.67.